The lowest BCUT2D eigenvalue weighted by molar-refractivity contribution is 0.294. The summed E-state index contributed by atoms with van der Waals surface area (Å²) in [5, 5.41) is 3.78. The molecule has 2 aromatic rings. The van der Waals surface area contributed by atoms with E-state index in [-0.39, 0.29) is 6.61 Å². The lowest BCUT2D eigenvalue weighted by Gasteiger charge is -2.09. The molecule has 106 valence electrons. The van der Waals surface area contributed by atoms with E-state index in [1.807, 2.05) is 13.0 Å². The largest absolute Gasteiger partial charge is 0.484 e. The van der Waals surface area contributed by atoms with Gasteiger partial charge in [-0.1, -0.05) is 18.5 Å². The van der Waals surface area contributed by atoms with Crippen LogP contribution in [0.2, 0.25) is 5.02 Å². The van der Waals surface area contributed by atoms with Crippen molar-refractivity contribution in [2.45, 2.75) is 26.9 Å². The zero-order valence-electron chi connectivity index (χ0n) is 11.6. The average Bonchev–Trinajstić information content (AvgIpc) is 2.42. The van der Waals surface area contributed by atoms with Gasteiger partial charge in [-0.3, -0.25) is 4.98 Å². The molecule has 0 amide bonds. The van der Waals surface area contributed by atoms with E-state index in [9.17, 15) is 0 Å². The van der Waals surface area contributed by atoms with E-state index in [2.05, 4.69) is 27.2 Å². The van der Waals surface area contributed by atoms with Gasteiger partial charge < -0.3 is 10.1 Å². The van der Waals surface area contributed by atoms with Gasteiger partial charge in [0, 0.05) is 30.6 Å². The molecule has 0 atom stereocenters. The molecule has 0 aliphatic heterocycles. The summed E-state index contributed by atoms with van der Waals surface area (Å²) in [4.78, 5) is 12.7. The number of halogens is 1. The second kappa shape index (κ2) is 7.05. The molecule has 0 aromatic carbocycles. The average molecular weight is 293 g/mol. The van der Waals surface area contributed by atoms with Crippen molar-refractivity contribution < 1.29 is 4.74 Å². The van der Waals surface area contributed by atoms with Gasteiger partial charge in [0.15, 0.2) is 5.82 Å². The Kier molecular flexibility index (Phi) is 5.12. The van der Waals surface area contributed by atoms with Crippen LogP contribution in [0.3, 0.4) is 0 Å². The predicted octanol–water partition coefficient (Wildman–Crippen LogP) is 3.23. The van der Waals surface area contributed by atoms with Crippen LogP contribution in [0.4, 0.5) is 5.82 Å². The minimum Gasteiger partial charge on any atom is -0.484 e. The second-order valence-electron chi connectivity index (χ2n) is 4.37. The van der Waals surface area contributed by atoms with Crippen LogP contribution in [-0.2, 0) is 6.61 Å². The van der Waals surface area contributed by atoms with Gasteiger partial charge in [-0.2, -0.15) is 0 Å². The second-order valence-corrected chi connectivity index (χ2v) is 4.80. The van der Waals surface area contributed by atoms with Crippen LogP contribution in [0.5, 0.6) is 5.75 Å². The molecule has 0 saturated heterocycles. The molecular weight excluding hydrogens is 276 g/mol. The molecule has 2 aromatic heterocycles. The normalized spacial score (nSPS) is 10.3. The monoisotopic (exact) mass is 292 g/mol. The number of aryl methyl sites for hydroxylation is 1. The van der Waals surface area contributed by atoms with Crippen molar-refractivity contribution in [3.63, 3.8) is 0 Å². The summed E-state index contributed by atoms with van der Waals surface area (Å²) in [5.41, 5.74) is 0.904. The van der Waals surface area contributed by atoms with Crippen molar-refractivity contribution in [1.82, 2.24) is 15.0 Å². The van der Waals surface area contributed by atoms with Gasteiger partial charge in [-0.25, -0.2) is 9.97 Å². The molecule has 1 N–H and O–H groups in total. The van der Waals surface area contributed by atoms with Gasteiger partial charge in [0.05, 0.1) is 11.2 Å². The first kappa shape index (κ1) is 14.5. The first-order valence-electron chi connectivity index (χ1n) is 6.49. The highest BCUT2D eigenvalue weighted by atomic mass is 35.5. The molecule has 0 saturated carbocycles. The van der Waals surface area contributed by atoms with E-state index in [1.165, 1.54) is 0 Å². The maximum atomic E-state index is 5.85. The van der Waals surface area contributed by atoms with Crippen LogP contribution in [-0.4, -0.2) is 21.5 Å². The van der Waals surface area contributed by atoms with Crippen LogP contribution in [0.25, 0.3) is 0 Å². The summed E-state index contributed by atoms with van der Waals surface area (Å²) in [5.74, 6) is 2.05. The zero-order chi connectivity index (χ0) is 14.4. The van der Waals surface area contributed by atoms with E-state index in [4.69, 9.17) is 16.3 Å². The maximum Gasteiger partial charge on any atom is 0.168 e. The number of ether oxygens (including phenoxy) is 1. The zero-order valence-corrected chi connectivity index (χ0v) is 12.3. The summed E-state index contributed by atoms with van der Waals surface area (Å²) in [7, 11) is 0. The van der Waals surface area contributed by atoms with E-state index in [1.54, 1.807) is 18.5 Å². The van der Waals surface area contributed by atoms with Crippen molar-refractivity contribution >= 4 is 17.4 Å². The molecule has 0 fully saturated rings. The molecule has 0 aliphatic carbocycles. The van der Waals surface area contributed by atoms with E-state index in [0.29, 0.717) is 16.6 Å². The molecule has 0 unspecified atom stereocenters. The lowest BCUT2D eigenvalue weighted by atomic mass is 10.4. The molecule has 0 bridgehead atoms. The summed E-state index contributed by atoms with van der Waals surface area (Å²) in [6, 6.07) is 3.63. The summed E-state index contributed by atoms with van der Waals surface area (Å²) in [6.07, 6.45) is 4.21. The van der Waals surface area contributed by atoms with Gasteiger partial charge in [0.2, 0.25) is 0 Å². The topological polar surface area (TPSA) is 59.9 Å². The Balaban J connectivity index is 2.03. The Morgan fingerprint density at radius 3 is 2.85 bits per heavy atom. The van der Waals surface area contributed by atoms with Crippen molar-refractivity contribution in [1.29, 1.82) is 0 Å². The maximum absolute atomic E-state index is 5.85. The number of hydrogen-bond acceptors (Lipinski definition) is 5. The van der Waals surface area contributed by atoms with Crippen LogP contribution >= 0.6 is 11.6 Å². The third-order valence-corrected chi connectivity index (χ3v) is 2.71. The SMILES string of the molecule is CCCNc1cc(C)nc(COc2cncc(Cl)c2)n1. The van der Waals surface area contributed by atoms with Crippen molar-refractivity contribution in [2.75, 3.05) is 11.9 Å². The van der Waals surface area contributed by atoms with Crippen LogP contribution in [0.15, 0.2) is 24.5 Å². The van der Waals surface area contributed by atoms with Gasteiger partial charge >= 0.3 is 0 Å². The van der Waals surface area contributed by atoms with Crippen molar-refractivity contribution in [2.24, 2.45) is 0 Å². The highest BCUT2D eigenvalue weighted by Gasteiger charge is 2.04. The smallest absolute Gasteiger partial charge is 0.168 e. The lowest BCUT2D eigenvalue weighted by Crippen LogP contribution is -2.08. The molecule has 0 aliphatic rings. The Bertz CT molecular complexity index is 577. The molecule has 2 heterocycles. The molecule has 0 radical (unpaired) electrons. The van der Waals surface area contributed by atoms with Crippen LogP contribution < -0.4 is 10.1 Å². The standard InChI is InChI=1S/C14H17ClN4O/c1-3-4-17-13-5-10(2)18-14(19-13)9-20-12-6-11(15)7-16-8-12/h5-8H,3-4,9H2,1-2H3,(H,17,18,19). The molecule has 0 spiro atoms. The number of anilines is 1. The number of aromatic nitrogens is 3. The fraction of sp³-hybridized carbons (Fsp3) is 0.357. The quantitative estimate of drug-likeness (QED) is 0.886. The fourth-order valence-electron chi connectivity index (χ4n) is 1.66. The van der Waals surface area contributed by atoms with E-state index >= 15 is 0 Å². The first-order chi connectivity index (χ1) is 9.67. The molecule has 2 rings (SSSR count). The molecule has 5 nitrogen and oxygen atoms in total. The molecular formula is C14H17ClN4O. The van der Waals surface area contributed by atoms with Gasteiger partial charge in [0.1, 0.15) is 18.2 Å². The third-order valence-electron chi connectivity index (χ3n) is 2.50. The summed E-state index contributed by atoms with van der Waals surface area (Å²) in [6.45, 7) is 5.21. The van der Waals surface area contributed by atoms with Crippen molar-refractivity contribution in [3.05, 3.63) is 41.1 Å². The van der Waals surface area contributed by atoms with E-state index < -0.39 is 0 Å². The Labute approximate surface area is 123 Å². The predicted molar refractivity (Wildman–Crippen MR) is 79.1 cm³/mol. The minimum atomic E-state index is 0.282. The van der Waals surface area contributed by atoms with Gasteiger partial charge in [0.25, 0.3) is 0 Å². The van der Waals surface area contributed by atoms with Gasteiger partial charge in [-0.15, -0.1) is 0 Å². The number of hydrogen-bond donors (Lipinski definition) is 1. The highest BCUT2D eigenvalue weighted by molar-refractivity contribution is 6.30. The van der Waals surface area contributed by atoms with Gasteiger partial charge in [-0.05, 0) is 13.3 Å². The molecule has 6 heteroatoms. The number of nitrogens with one attached hydrogen (secondary N) is 1. The Hall–Kier alpha value is -1.88. The Morgan fingerprint density at radius 2 is 2.10 bits per heavy atom. The third kappa shape index (κ3) is 4.35. The summed E-state index contributed by atoms with van der Waals surface area (Å²) >= 11 is 5.85. The first-order valence-corrected chi connectivity index (χ1v) is 6.87. The van der Waals surface area contributed by atoms with Crippen molar-refractivity contribution in [3.8, 4) is 5.75 Å². The molecule has 20 heavy (non-hydrogen) atoms. The minimum absolute atomic E-state index is 0.282. The van der Waals surface area contributed by atoms with E-state index in [0.717, 1.165) is 24.5 Å². The van der Waals surface area contributed by atoms with Crippen LogP contribution in [0.1, 0.15) is 24.9 Å². The highest BCUT2D eigenvalue weighted by Crippen LogP contribution is 2.16. The number of pyridine rings is 1. The van der Waals surface area contributed by atoms with Crippen LogP contribution in [0, 0.1) is 6.92 Å². The summed E-state index contributed by atoms with van der Waals surface area (Å²) < 4.78 is 5.59. The Morgan fingerprint density at radius 1 is 1.25 bits per heavy atom. The fourth-order valence-corrected chi connectivity index (χ4v) is 1.82. The number of rotatable bonds is 6. The number of nitrogens with zero attached hydrogens (tertiary/aromatic N) is 3.